The fourth-order valence-corrected chi connectivity index (χ4v) is 5.02. The molecule has 0 aliphatic carbocycles. The standard InChI is InChI=1S/C32H31N3O3/c36-19-17-33-16-18-35-28-13-7-12-25-20-27-26(31(34-35)30(25)28)14-15-29(37-21-23-8-3-1-4-9-23)32(27)38-22-24-10-5-2-6-11-24/h1-15,20,33-34,36H,16-19,21-22H2. The average molecular weight is 506 g/mol. The van der Waals surface area contributed by atoms with Crippen LogP contribution in [0.25, 0.3) is 21.5 Å². The van der Waals surface area contributed by atoms with E-state index in [1.165, 1.54) is 5.39 Å². The maximum Gasteiger partial charge on any atom is 0.169 e. The molecule has 0 amide bonds. The van der Waals surface area contributed by atoms with Crippen LogP contribution >= 0.6 is 0 Å². The third kappa shape index (κ3) is 4.84. The molecule has 0 fully saturated rings. The van der Waals surface area contributed by atoms with E-state index in [1.807, 2.05) is 42.5 Å². The molecule has 6 nitrogen and oxygen atoms in total. The molecule has 38 heavy (non-hydrogen) atoms. The summed E-state index contributed by atoms with van der Waals surface area (Å²) in [7, 11) is 0. The van der Waals surface area contributed by atoms with E-state index in [2.05, 4.69) is 70.3 Å². The summed E-state index contributed by atoms with van der Waals surface area (Å²) in [6.07, 6.45) is 0. The van der Waals surface area contributed by atoms with Crippen molar-refractivity contribution in [2.24, 2.45) is 0 Å². The van der Waals surface area contributed by atoms with Crippen molar-refractivity contribution in [2.75, 3.05) is 36.7 Å². The van der Waals surface area contributed by atoms with Crippen LogP contribution in [0.1, 0.15) is 11.1 Å². The highest BCUT2D eigenvalue weighted by Crippen LogP contribution is 2.47. The summed E-state index contributed by atoms with van der Waals surface area (Å²) < 4.78 is 12.8. The van der Waals surface area contributed by atoms with Crippen molar-refractivity contribution in [1.82, 2.24) is 5.32 Å². The molecular formula is C32H31N3O3. The van der Waals surface area contributed by atoms with Gasteiger partial charge in [-0.1, -0.05) is 72.8 Å². The van der Waals surface area contributed by atoms with Crippen LogP contribution in [0.5, 0.6) is 11.5 Å². The second kappa shape index (κ2) is 11.0. The van der Waals surface area contributed by atoms with Crippen molar-refractivity contribution >= 4 is 32.9 Å². The first-order valence-electron chi connectivity index (χ1n) is 13.0. The molecule has 6 rings (SSSR count). The molecular weight excluding hydrogens is 474 g/mol. The van der Waals surface area contributed by atoms with Crippen LogP contribution in [0, 0.1) is 0 Å². The smallest absolute Gasteiger partial charge is 0.169 e. The van der Waals surface area contributed by atoms with Gasteiger partial charge in [0.25, 0.3) is 0 Å². The van der Waals surface area contributed by atoms with Gasteiger partial charge in [-0.05, 0) is 40.8 Å². The van der Waals surface area contributed by atoms with Gasteiger partial charge in [-0.25, -0.2) is 0 Å². The normalized spacial score (nSPS) is 12.2. The number of nitrogens with zero attached hydrogens (tertiary/aromatic N) is 1. The van der Waals surface area contributed by atoms with Gasteiger partial charge >= 0.3 is 0 Å². The van der Waals surface area contributed by atoms with Crippen LogP contribution < -0.4 is 25.2 Å². The predicted octanol–water partition coefficient (Wildman–Crippen LogP) is 5.88. The largest absolute Gasteiger partial charge is 0.485 e. The van der Waals surface area contributed by atoms with Gasteiger partial charge in [0.15, 0.2) is 11.5 Å². The van der Waals surface area contributed by atoms with Crippen molar-refractivity contribution in [3.05, 3.63) is 108 Å². The van der Waals surface area contributed by atoms with Crippen molar-refractivity contribution < 1.29 is 14.6 Å². The Morgan fingerprint density at radius 2 is 1.47 bits per heavy atom. The summed E-state index contributed by atoms with van der Waals surface area (Å²) in [4.78, 5) is 0. The molecule has 0 unspecified atom stereocenters. The Balaban J connectivity index is 1.39. The minimum Gasteiger partial charge on any atom is -0.485 e. The lowest BCUT2D eigenvalue weighted by atomic mass is 9.99. The molecule has 1 heterocycles. The highest BCUT2D eigenvalue weighted by molar-refractivity contribution is 6.19. The average Bonchev–Trinajstić information content (AvgIpc) is 3.34. The fraction of sp³-hybridized carbons (Fsp3) is 0.188. The van der Waals surface area contributed by atoms with E-state index in [-0.39, 0.29) is 6.61 Å². The third-order valence-corrected chi connectivity index (χ3v) is 6.86. The van der Waals surface area contributed by atoms with E-state index in [0.29, 0.717) is 19.8 Å². The Hall–Kier alpha value is -4.26. The lowest BCUT2D eigenvalue weighted by Gasteiger charge is -2.21. The molecule has 5 aromatic rings. The summed E-state index contributed by atoms with van der Waals surface area (Å²) in [5.74, 6) is 1.47. The molecule has 0 saturated carbocycles. The van der Waals surface area contributed by atoms with Crippen LogP contribution in [-0.2, 0) is 13.2 Å². The SMILES string of the molecule is OCCNCCN1Nc2c3ccc(OCc4ccccc4)c(OCc4ccccc4)c3cc3cccc1c23. The number of hydrogen-bond donors (Lipinski definition) is 3. The van der Waals surface area contributed by atoms with Crippen LogP contribution in [0.2, 0.25) is 0 Å². The highest BCUT2D eigenvalue weighted by atomic mass is 16.5. The molecule has 192 valence electrons. The summed E-state index contributed by atoms with van der Waals surface area (Å²) in [5, 5.41) is 19.0. The van der Waals surface area contributed by atoms with Crippen LogP contribution in [0.4, 0.5) is 11.4 Å². The lowest BCUT2D eigenvalue weighted by molar-refractivity contribution is 0.259. The van der Waals surface area contributed by atoms with E-state index >= 15 is 0 Å². The quantitative estimate of drug-likeness (QED) is 0.154. The summed E-state index contributed by atoms with van der Waals surface area (Å²) in [6, 6.07) is 33.1. The minimum absolute atomic E-state index is 0.133. The zero-order valence-electron chi connectivity index (χ0n) is 21.2. The van der Waals surface area contributed by atoms with E-state index < -0.39 is 0 Å². The van der Waals surface area contributed by atoms with Gasteiger partial charge < -0.3 is 19.9 Å². The summed E-state index contributed by atoms with van der Waals surface area (Å²) in [6.45, 7) is 3.16. The number of fused-ring (bicyclic) bond motifs is 2. The van der Waals surface area contributed by atoms with Gasteiger partial charge in [0.05, 0.1) is 24.5 Å². The molecule has 5 aromatic carbocycles. The zero-order valence-corrected chi connectivity index (χ0v) is 21.2. The summed E-state index contributed by atoms with van der Waals surface area (Å²) >= 11 is 0. The fourth-order valence-electron chi connectivity index (χ4n) is 5.02. The maximum atomic E-state index is 9.10. The molecule has 3 N–H and O–H groups in total. The monoisotopic (exact) mass is 505 g/mol. The second-order valence-electron chi connectivity index (χ2n) is 9.40. The Kier molecular flexibility index (Phi) is 6.98. The van der Waals surface area contributed by atoms with Crippen molar-refractivity contribution in [3.63, 3.8) is 0 Å². The Morgan fingerprint density at radius 3 is 2.21 bits per heavy atom. The van der Waals surface area contributed by atoms with Gasteiger partial charge in [-0.15, -0.1) is 0 Å². The number of hydrogen-bond acceptors (Lipinski definition) is 6. The number of aliphatic hydroxyl groups excluding tert-OH is 1. The topological polar surface area (TPSA) is 66.0 Å². The molecule has 0 bridgehead atoms. The van der Waals surface area contributed by atoms with E-state index in [9.17, 15) is 0 Å². The first-order valence-corrected chi connectivity index (χ1v) is 13.0. The minimum atomic E-state index is 0.133. The number of hydrazine groups is 1. The van der Waals surface area contributed by atoms with Crippen molar-refractivity contribution in [2.45, 2.75) is 13.2 Å². The predicted molar refractivity (Wildman–Crippen MR) is 154 cm³/mol. The third-order valence-electron chi connectivity index (χ3n) is 6.86. The van der Waals surface area contributed by atoms with Crippen LogP contribution in [-0.4, -0.2) is 31.3 Å². The lowest BCUT2D eigenvalue weighted by Crippen LogP contribution is -2.35. The molecule has 1 aliphatic rings. The Labute approximate surface area is 222 Å². The van der Waals surface area contributed by atoms with E-state index in [4.69, 9.17) is 14.6 Å². The Morgan fingerprint density at radius 1 is 0.737 bits per heavy atom. The number of rotatable bonds is 11. The first-order chi connectivity index (χ1) is 18.8. The van der Waals surface area contributed by atoms with Crippen LogP contribution in [0.3, 0.4) is 0 Å². The van der Waals surface area contributed by atoms with E-state index in [0.717, 1.165) is 63.2 Å². The molecule has 0 spiro atoms. The van der Waals surface area contributed by atoms with Crippen molar-refractivity contribution in [3.8, 4) is 11.5 Å². The number of benzene rings is 5. The zero-order chi connectivity index (χ0) is 25.7. The van der Waals surface area contributed by atoms with Gasteiger partial charge in [0.2, 0.25) is 0 Å². The molecule has 0 saturated heterocycles. The van der Waals surface area contributed by atoms with Gasteiger partial charge in [0, 0.05) is 29.2 Å². The van der Waals surface area contributed by atoms with Gasteiger partial charge in [-0.2, -0.15) is 0 Å². The molecule has 1 aliphatic heterocycles. The maximum absolute atomic E-state index is 9.10. The molecule has 0 atom stereocenters. The molecule has 0 radical (unpaired) electrons. The van der Waals surface area contributed by atoms with Gasteiger partial charge in [-0.3, -0.25) is 10.4 Å². The second-order valence-corrected chi connectivity index (χ2v) is 9.40. The Bertz CT molecular complexity index is 1540. The number of nitrogens with one attached hydrogen (secondary N) is 2. The van der Waals surface area contributed by atoms with Crippen molar-refractivity contribution in [1.29, 1.82) is 0 Å². The van der Waals surface area contributed by atoms with Gasteiger partial charge in [0.1, 0.15) is 13.2 Å². The number of anilines is 2. The number of ether oxygens (including phenoxy) is 2. The first kappa shape index (κ1) is 24.1. The van der Waals surface area contributed by atoms with E-state index in [1.54, 1.807) is 0 Å². The summed E-state index contributed by atoms with van der Waals surface area (Å²) in [5.41, 5.74) is 8.08. The number of aliphatic hydroxyl groups is 1. The molecule has 0 aromatic heterocycles. The highest BCUT2D eigenvalue weighted by Gasteiger charge is 2.25. The molecule has 6 heteroatoms. The van der Waals surface area contributed by atoms with Crippen LogP contribution in [0.15, 0.2) is 97.1 Å².